The molecule has 1 aliphatic heterocycles. The van der Waals surface area contributed by atoms with Crippen LogP contribution < -0.4 is 5.32 Å². The average Bonchev–Trinajstić information content (AvgIpc) is 2.81. The summed E-state index contributed by atoms with van der Waals surface area (Å²) in [7, 11) is 0. The zero-order valence-corrected chi connectivity index (χ0v) is 9.58. The maximum Gasteiger partial charge on any atom is 0.433 e. The molecule has 0 spiro atoms. The van der Waals surface area contributed by atoms with Crippen LogP contribution in [0.3, 0.4) is 0 Å². The average molecular weight is 253 g/mol. The molecule has 8 heteroatoms. The zero-order valence-electron chi connectivity index (χ0n) is 9.58. The maximum atomic E-state index is 12.0. The molecule has 0 saturated carbocycles. The third-order valence-corrected chi connectivity index (χ3v) is 2.74. The Morgan fingerprint density at radius 1 is 1.61 bits per heavy atom. The predicted octanol–water partition coefficient (Wildman–Crippen LogP) is 0.148. The summed E-state index contributed by atoms with van der Waals surface area (Å²) in [5.74, 6) is -1.41. The molecule has 1 fully saturated rings. The lowest BCUT2D eigenvalue weighted by Gasteiger charge is -2.31. The summed E-state index contributed by atoms with van der Waals surface area (Å²) in [5.41, 5.74) is 0. The Bertz CT molecular complexity index is 509. The van der Waals surface area contributed by atoms with Crippen LogP contribution in [0.4, 0.5) is 5.88 Å². The number of furan rings is 1. The van der Waals surface area contributed by atoms with Crippen LogP contribution >= 0.6 is 0 Å². The van der Waals surface area contributed by atoms with E-state index >= 15 is 0 Å². The van der Waals surface area contributed by atoms with Crippen LogP contribution in [0.1, 0.15) is 17.5 Å². The summed E-state index contributed by atoms with van der Waals surface area (Å²) in [5, 5.41) is 13.1. The minimum Gasteiger partial charge on any atom is -0.395 e. The molecule has 96 valence electrons. The van der Waals surface area contributed by atoms with Gasteiger partial charge >= 0.3 is 5.88 Å². The molecule has 18 heavy (non-hydrogen) atoms. The van der Waals surface area contributed by atoms with Gasteiger partial charge in [0.25, 0.3) is 5.91 Å². The van der Waals surface area contributed by atoms with Crippen molar-refractivity contribution in [2.24, 2.45) is 0 Å². The monoisotopic (exact) mass is 253 g/mol. The standard InChI is InChI=1S/C10H11N3O5/c1-6-9(14)11-4-5-12(6)10(15)7-2-3-8(18-7)13(16)17/h2-3,6H,4-5H2,1H3,(H,11,14). The van der Waals surface area contributed by atoms with Crippen LogP contribution in [0.2, 0.25) is 0 Å². The van der Waals surface area contributed by atoms with Crippen molar-refractivity contribution in [3.05, 3.63) is 28.0 Å². The van der Waals surface area contributed by atoms with E-state index in [2.05, 4.69) is 5.32 Å². The van der Waals surface area contributed by atoms with E-state index in [9.17, 15) is 19.7 Å². The van der Waals surface area contributed by atoms with E-state index in [1.807, 2.05) is 0 Å². The molecule has 1 unspecified atom stereocenters. The van der Waals surface area contributed by atoms with Crippen LogP contribution in [-0.2, 0) is 4.79 Å². The van der Waals surface area contributed by atoms with Crippen molar-refractivity contribution >= 4 is 17.7 Å². The fraction of sp³-hybridized carbons (Fsp3) is 0.400. The molecule has 0 bridgehead atoms. The molecular formula is C10H11N3O5. The Labute approximate surface area is 102 Å². The lowest BCUT2D eigenvalue weighted by atomic mass is 10.2. The van der Waals surface area contributed by atoms with Crippen molar-refractivity contribution in [2.75, 3.05) is 13.1 Å². The molecule has 2 rings (SSSR count). The van der Waals surface area contributed by atoms with Gasteiger partial charge < -0.3 is 14.6 Å². The summed E-state index contributed by atoms with van der Waals surface area (Å²) in [6.07, 6.45) is 0. The number of piperazine rings is 1. The molecule has 1 aromatic heterocycles. The third-order valence-electron chi connectivity index (χ3n) is 2.74. The van der Waals surface area contributed by atoms with Gasteiger partial charge in [0.1, 0.15) is 11.0 Å². The van der Waals surface area contributed by atoms with E-state index < -0.39 is 22.8 Å². The number of nitrogens with one attached hydrogen (secondary N) is 1. The van der Waals surface area contributed by atoms with Crippen molar-refractivity contribution in [3.8, 4) is 0 Å². The number of nitrogens with zero attached hydrogens (tertiary/aromatic N) is 2. The Morgan fingerprint density at radius 2 is 2.33 bits per heavy atom. The first-order valence-corrected chi connectivity index (χ1v) is 5.33. The number of hydrogen-bond donors (Lipinski definition) is 1. The second-order valence-electron chi connectivity index (χ2n) is 3.86. The highest BCUT2D eigenvalue weighted by atomic mass is 16.6. The van der Waals surface area contributed by atoms with E-state index in [1.54, 1.807) is 6.92 Å². The number of nitro groups is 1. The molecule has 1 aromatic rings. The highest BCUT2D eigenvalue weighted by Crippen LogP contribution is 2.18. The van der Waals surface area contributed by atoms with Gasteiger partial charge in [0.15, 0.2) is 5.76 Å². The minimum absolute atomic E-state index is 0.136. The van der Waals surface area contributed by atoms with E-state index in [0.717, 1.165) is 6.07 Å². The van der Waals surface area contributed by atoms with Gasteiger partial charge in [0, 0.05) is 13.1 Å². The van der Waals surface area contributed by atoms with Gasteiger partial charge in [0.05, 0.1) is 6.07 Å². The molecule has 1 atom stereocenters. The lowest BCUT2D eigenvalue weighted by Crippen LogP contribution is -2.55. The predicted molar refractivity (Wildman–Crippen MR) is 58.9 cm³/mol. The third kappa shape index (κ3) is 2.04. The Balaban J connectivity index is 2.19. The number of rotatable bonds is 2. The van der Waals surface area contributed by atoms with E-state index in [1.165, 1.54) is 11.0 Å². The van der Waals surface area contributed by atoms with E-state index in [4.69, 9.17) is 4.42 Å². The first-order chi connectivity index (χ1) is 8.50. The normalized spacial score (nSPS) is 19.5. The molecule has 0 aliphatic carbocycles. The Morgan fingerprint density at radius 3 is 2.94 bits per heavy atom. The van der Waals surface area contributed by atoms with Crippen LogP contribution in [-0.4, -0.2) is 40.8 Å². The van der Waals surface area contributed by atoms with Crippen LogP contribution in [0.15, 0.2) is 16.5 Å². The number of carbonyl (C=O) groups excluding carboxylic acids is 2. The van der Waals surface area contributed by atoms with Crippen molar-refractivity contribution in [1.29, 1.82) is 0 Å². The molecule has 0 radical (unpaired) electrons. The number of carbonyl (C=O) groups is 2. The van der Waals surface area contributed by atoms with Gasteiger partial charge in [-0.25, -0.2) is 0 Å². The molecule has 1 saturated heterocycles. The first-order valence-electron chi connectivity index (χ1n) is 5.33. The van der Waals surface area contributed by atoms with Crippen molar-refractivity contribution in [2.45, 2.75) is 13.0 Å². The molecule has 2 heterocycles. The van der Waals surface area contributed by atoms with Crippen molar-refractivity contribution < 1.29 is 18.9 Å². The van der Waals surface area contributed by atoms with Crippen LogP contribution in [0.25, 0.3) is 0 Å². The second-order valence-corrected chi connectivity index (χ2v) is 3.86. The highest BCUT2D eigenvalue weighted by Gasteiger charge is 2.32. The quantitative estimate of drug-likeness (QED) is 0.596. The largest absolute Gasteiger partial charge is 0.433 e. The molecule has 0 aromatic carbocycles. The molecule has 2 amide bonds. The number of amides is 2. The van der Waals surface area contributed by atoms with Gasteiger partial charge in [-0.2, -0.15) is 0 Å². The SMILES string of the molecule is CC1C(=O)NCCN1C(=O)c1ccc([N+](=O)[O-])o1. The molecule has 8 nitrogen and oxygen atoms in total. The molecular weight excluding hydrogens is 242 g/mol. The van der Waals surface area contributed by atoms with Gasteiger partial charge in [-0.05, 0) is 13.0 Å². The van der Waals surface area contributed by atoms with Gasteiger partial charge in [-0.3, -0.25) is 19.7 Å². The maximum absolute atomic E-state index is 12.0. The van der Waals surface area contributed by atoms with Crippen LogP contribution in [0, 0.1) is 10.1 Å². The summed E-state index contributed by atoms with van der Waals surface area (Å²) < 4.78 is 4.82. The summed E-state index contributed by atoms with van der Waals surface area (Å²) in [4.78, 5) is 34.5. The minimum atomic E-state index is -0.719. The smallest absolute Gasteiger partial charge is 0.395 e. The highest BCUT2D eigenvalue weighted by molar-refractivity contribution is 5.96. The van der Waals surface area contributed by atoms with E-state index in [-0.39, 0.29) is 11.7 Å². The van der Waals surface area contributed by atoms with Gasteiger partial charge in [-0.1, -0.05) is 0 Å². The second kappa shape index (κ2) is 4.47. The molecule has 1 aliphatic rings. The van der Waals surface area contributed by atoms with Crippen molar-refractivity contribution in [3.63, 3.8) is 0 Å². The number of hydrogen-bond acceptors (Lipinski definition) is 5. The Hall–Kier alpha value is -2.38. The van der Waals surface area contributed by atoms with Crippen molar-refractivity contribution in [1.82, 2.24) is 10.2 Å². The zero-order chi connectivity index (χ0) is 13.3. The fourth-order valence-corrected chi connectivity index (χ4v) is 1.74. The van der Waals surface area contributed by atoms with Gasteiger partial charge in [0.2, 0.25) is 5.91 Å². The summed E-state index contributed by atoms with van der Waals surface area (Å²) in [6.45, 7) is 2.29. The fourth-order valence-electron chi connectivity index (χ4n) is 1.74. The molecule has 1 N–H and O–H groups in total. The lowest BCUT2D eigenvalue weighted by molar-refractivity contribution is -0.402. The van der Waals surface area contributed by atoms with Crippen LogP contribution in [0.5, 0.6) is 0 Å². The topological polar surface area (TPSA) is 106 Å². The van der Waals surface area contributed by atoms with Gasteiger partial charge in [-0.15, -0.1) is 0 Å². The van der Waals surface area contributed by atoms with E-state index in [0.29, 0.717) is 13.1 Å². The Kier molecular flexibility index (Phi) is 3.00. The summed E-state index contributed by atoms with van der Waals surface area (Å²) >= 11 is 0. The summed E-state index contributed by atoms with van der Waals surface area (Å²) in [6, 6.07) is 1.73. The first kappa shape index (κ1) is 12.1.